The van der Waals surface area contributed by atoms with Crippen molar-refractivity contribution in [3.05, 3.63) is 71.5 Å². The Morgan fingerprint density at radius 3 is 2.56 bits per heavy atom. The molecular formula is C28H36FN3O4. The van der Waals surface area contributed by atoms with Crippen LogP contribution in [0.2, 0.25) is 0 Å². The van der Waals surface area contributed by atoms with Crippen LogP contribution >= 0.6 is 0 Å². The number of morpholine rings is 1. The largest absolute Gasteiger partial charge is 0.389 e. The first-order chi connectivity index (χ1) is 17.6. The fourth-order valence-corrected chi connectivity index (χ4v) is 4.39. The second kappa shape index (κ2) is 13.0. The fraction of sp³-hybridized carbons (Fsp3) is 0.464. The van der Waals surface area contributed by atoms with Crippen molar-refractivity contribution in [1.82, 2.24) is 10.1 Å². The number of anilines is 1. The van der Waals surface area contributed by atoms with Gasteiger partial charge < -0.3 is 24.0 Å². The number of halogens is 1. The van der Waals surface area contributed by atoms with E-state index in [9.17, 15) is 9.50 Å². The lowest BCUT2D eigenvalue weighted by Crippen LogP contribution is -2.41. The molecule has 7 nitrogen and oxygen atoms in total. The highest BCUT2D eigenvalue weighted by molar-refractivity contribution is 5.69. The maximum Gasteiger partial charge on any atom is 0.232 e. The number of benzene rings is 2. The topological polar surface area (TPSA) is 71.2 Å². The molecule has 0 unspecified atom stereocenters. The molecule has 0 saturated carbocycles. The second-order valence-electron chi connectivity index (χ2n) is 9.24. The predicted octanol–water partition coefficient (Wildman–Crippen LogP) is 4.50. The summed E-state index contributed by atoms with van der Waals surface area (Å²) in [5, 5.41) is 15.1. The van der Waals surface area contributed by atoms with Gasteiger partial charge in [-0.2, -0.15) is 0 Å². The SMILES string of the molecule is CC[C@H](C)N(Cc1c(-c2ccccc2F)noc1N1CCOCC1)C[C@H](O)COCc1ccccc1. The third kappa shape index (κ3) is 6.70. The Bertz CT molecular complexity index is 1070. The summed E-state index contributed by atoms with van der Waals surface area (Å²) >= 11 is 0. The van der Waals surface area contributed by atoms with Crippen molar-refractivity contribution in [2.45, 2.75) is 45.6 Å². The van der Waals surface area contributed by atoms with Crippen molar-refractivity contribution in [2.24, 2.45) is 0 Å². The minimum Gasteiger partial charge on any atom is -0.389 e. The summed E-state index contributed by atoms with van der Waals surface area (Å²) in [6, 6.07) is 16.7. The van der Waals surface area contributed by atoms with Gasteiger partial charge >= 0.3 is 0 Å². The second-order valence-corrected chi connectivity index (χ2v) is 9.24. The molecule has 0 amide bonds. The number of aliphatic hydroxyl groups is 1. The minimum absolute atomic E-state index is 0.176. The molecule has 1 aromatic heterocycles. The lowest BCUT2D eigenvalue weighted by molar-refractivity contribution is 0.00146. The standard InChI is InChI=1S/C28H36FN3O4/c1-3-21(2)32(17-23(33)20-35-19-22-9-5-4-6-10-22)18-25-27(24-11-7-8-12-26(24)29)30-36-28(25)31-13-15-34-16-14-31/h4-12,21,23,33H,3,13-20H2,1-2H3/t21-,23-/m0/s1. The Kier molecular flexibility index (Phi) is 9.47. The van der Waals surface area contributed by atoms with Gasteiger partial charge in [0.2, 0.25) is 5.88 Å². The number of ether oxygens (including phenoxy) is 2. The van der Waals surface area contributed by atoms with Crippen molar-refractivity contribution in [3.8, 4) is 11.3 Å². The van der Waals surface area contributed by atoms with Crippen LogP contribution in [0.3, 0.4) is 0 Å². The summed E-state index contributed by atoms with van der Waals surface area (Å²) in [4.78, 5) is 4.29. The number of aromatic nitrogens is 1. The van der Waals surface area contributed by atoms with Crippen molar-refractivity contribution >= 4 is 5.88 Å². The molecule has 2 aromatic carbocycles. The number of hydrogen-bond acceptors (Lipinski definition) is 7. The lowest BCUT2D eigenvalue weighted by atomic mass is 10.0. The molecule has 36 heavy (non-hydrogen) atoms. The van der Waals surface area contributed by atoms with Gasteiger partial charge in [-0.3, -0.25) is 4.90 Å². The predicted molar refractivity (Wildman–Crippen MR) is 137 cm³/mol. The van der Waals surface area contributed by atoms with Crippen LogP contribution in [0.1, 0.15) is 31.4 Å². The molecule has 1 N–H and O–H groups in total. The minimum atomic E-state index is -0.675. The molecule has 194 valence electrons. The van der Waals surface area contributed by atoms with Gasteiger partial charge in [0.05, 0.1) is 38.1 Å². The average molecular weight is 498 g/mol. The van der Waals surface area contributed by atoms with Crippen LogP contribution in [0.25, 0.3) is 11.3 Å². The normalized spacial score (nSPS) is 15.9. The summed E-state index contributed by atoms with van der Waals surface area (Å²) in [5.41, 5.74) is 2.79. The van der Waals surface area contributed by atoms with Gasteiger partial charge in [-0.05, 0) is 31.0 Å². The highest BCUT2D eigenvalue weighted by Gasteiger charge is 2.28. The van der Waals surface area contributed by atoms with E-state index in [2.05, 4.69) is 28.8 Å². The molecule has 1 aliphatic heterocycles. The van der Waals surface area contributed by atoms with Crippen LogP contribution in [-0.2, 0) is 22.6 Å². The van der Waals surface area contributed by atoms with Gasteiger partial charge in [0.15, 0.2) is 0 Å². The van der Waals surface area contributed by atoms with E-state index in [0.29, 0.717) is 63.1 Å². The van der Waals surface area contributed by atoms with Crippen molar-refractivity contribution in [1.29, 1.82) is 0 Å². The van der Waals surface area contributed by atoms with Crippen LogP contribution in [0.4, 0.5) is 10.3 Å². The molecule has 3 aromatic rings. The van der Waals surface area contributed by atoms with Crippen LogP contribution < -0.4 is 4.90 Å². The van der Waals surface area contributed by atoms with Gasteiger partial charge in [0.1, 0.15) is 11.5 Å². The van der Waals surface area contributed by atoms with Crippen LogP contribution in [0, 0.1) is 5.82 Å². The molecule has 1 aliphatic rings. The van der Waals surface area contributed by atoms with E-state index in [1.807, 2.05) is 30.3 Å². The van der Waals surface area contributed by atoms with E-state index < -0.39 is 6.10 Å². The van der Waals surface area contributed by atoms with Gasteiger partial charge in [-0.1, -0.05) is 54.5 Å². The first-order valence-electron chi connectivity index (χ1n) is 12.7. The molecule has 1 fully saturated rings. The van der Waals surface area contributed by atoms with Crippen molar-refractivity contribution in [2.75, 3.05) is 44.4 Å². The first-order valence-corrected chi connectivity index (χ1v) is 12.7. The molecule has 0 bridgehead atoms. The molecule has 8 heteroatoms. The summed E-state index contributed by atoms with van der Waals surface area (Å²) in [6.45, 7) is 8.35. The summed E-state index contributed by atoms with van der Waals surface area (Å²) in [7, 11) is 0. The Morgan fingerprint density at radius 2 is 1.83 bits per heavy atom. The smallest absolute Gasteiger partial charge is 0.232 e. The number of hydrogen-bond donors (Lipinski definition) is 1. The average Bonchev–Trinajstić information content (AvgIpc) is 3.32. The molecule has 0 radical (unpaired) electrons. The molecule has 2 atom stereocenters. The molecular weight excluding hydrogens is 461 g/mol. The van der Waals surface area contributed by atoms with E-state index in [0.717, 1.165) is 17.5 Å². The van der Waals surface area contributed by atoms with Gasteiger partial charge in [-0.15, -0.1) is 0 Å². The third-order valence-corrected chi connectivity index (χ3v) is 6.64. The fourth-order valence-electron chi connectivity index (χ4n) is 4.39. The van der Waals surface area contributed by atoms with Gasteiger partial charge in [0, 0.05) is 37.8 Å². The van der Waals surface area contributed by atoms with E-state index in [1.165, 1.54) is 6.07 Å². The molecule has 4 rings (SSSR count). The quantitative estimate of drug-likeness (QED) is 0.395. The van der Waals surface area contributed by atoms with Crippen molar-refractivity contribution < 1.29 is 23.5 Å². The molecule has 0 aliphatic carbocycles. The maximum atomic E-state index is 14.8. The molecule has 0 spiro atoms. The Balaban J connectivity index is 1.53. The van der Waals surface area contributed by atoms with Crippen LogP contribution in [0.5, 0.6) is 0 Å². The Morgan fingerprint density at radius 1 is 1.11 bits per heavy atom. The lowest BCUT2D eigenvalue weighted by Gasteiger charge is -2.32. The van der Waals surface area contributed by atoms with E-state index in [4.69, 9.17) is 14.0 Å². The Labute approximate surface area is 212 Å². The summed E-state index contributed by atoms with van der Waals surface area (Å²) in [6.07, 6.45) is 0.219. The first kappa shape index (κ1) is 26.3. The van der Waals surface area contributed by atoms with Crippen LogP contribution in [-0.4, -0.2) is 66.8 Å². The van der Waals surface area contributed by atoms with E-state index in [1.54, 1.807) is 18.2 Å². The zero-order valence-corrected chi connectivity index (χ0v) is 21.1. The number of nitrogens with zero attached hydrogens (tertiary/aromatic N) is 3. The highest BCUT2D eigenvalue weighted by atomic mass is 19.1. The van der Waals surface area contributed by atoms with Crippen LogP contribution in [0.15, 0.2) is 59.1 Å². The number of aliphatic hydroxyl groups excluding tert-OH is 1. The Hall–Kier alpha value is -2.78. The third-order valence-electron chi connectivity index (χ3n) is 6.64. The monoisotopic (exact) mass is 497 g/mol. The van der Waals surface area contributed by atoms with Gasteiger partial charge in [-0.25, -0.2) is 4.39 Å². The summed E-state index contributed by atoms with van der Waals surface area (Å²) < 4.78 is 31.9. The maximum absolute atomic E-state index is 14.8. The van der Waals surface area contributed by atoms with E-state index >= 15 is 0 Å². The zero-order valence-electron chi connectivity index (χ0n) is 21.1. The molecule has 2 heterocycles. The highest BCUT2D eigenvalue weighted by Crippen LogP contribution is 2.34. The summed E-state index contributed by atoms with van der Waals surface area (Å²) in [5.74, 6) is 0.296. The van der Waals surface area contributed by atoms with Gasteiger partial charge in [0.25, 0.3) is 0 Å². The molecule has 1 saturated heterocycles. The zero-order chi connectivity index (χ0) is 25.3. The van der Waals surface area contributed by atoms with E-state index in [-0.39, 0.29) is 18.5 Å². The van der Waals surface area contributed by atoms with Crippen molar-refractivity contribution in [3.63, 3.8) is 0 Å². The number of rotatable bonds is 12.